The van der Waals surface area contributed by atoms with Crippen LogP contribution in [-0.4, -0.2) is 116 Å². The Morgan fingerprint density at radius 3 is 1.26 bits per heavy atom. The van der Waals surface area contributed by atoms with Crippen LogP contribution in [0.3, 0.4) is 0 Å². The summed E-state index contributed by atoms with van der Waals surface area (Å²) in [5.74, 6) is -2.01. The molecule has 0 fully saturated rings. The third-order valence-corrected chi connectivity index (χ3v) is 10.7. The number of nitrogens with zero attached hydrogens (tertiary/aromatic N) is 2. The number of sulfonamides is 2. The number of carboxylic acids is 1. The Kier molecular flexibility index (Phi) is 15.3. The zero-order valence-electron chi connectivity index (χ0n) is 27.8. The van der Waals surface area contributed by atoms with Crippen molar-refractivity contribution in [3.8, 4) is 11.5 Å². The molecule has 2 rings (SSSR count). The highest BCUT2D eigenvalue weighted by Gasteiger charge is 2.28. The van der Waals surface area contributed by atoms with Gasteiger partial charge >= 0.3 is 11.9 Å². The van der Waals surface area contributed by atoms with E-state index in [2.05, 4.69) is 15.4 Å². The molecule has 47 heavy (non-hydrogen) atoms. The van der Waals surface area contributed by atoms with E-state index in [0.29, 0.717) is 33.8 Å². The van der Waals surface area contributed by atoms with Crippen molar-refractivity contribution in [2.45, 2.75) is 37.5 Å². The van der Waals surface area contributed by atoms with Gasteiger partial charge in [-0.3, -0.25) is 19.2 Å². The van der Waals surface area contributed by atoms with Gasteiger partial charge in [0.25, 0.3) is 0 Å². The van der Waals surface area contributed by atoms with Crippen molar-refractivity contribution in [3.63, 3.8) is 0 Å². The summed E-state index contributed by atoms with van der Waals surface area (Å²) in [6, 6.07) is 6.42. The summed E-state index contributed by atoms with van der Waals surface area (Å²) >= 11 is 0. The second-order valence-electron chi connectivity index (χ2n) is 10.2. The summed E-state index contributed by atoms with van der Waals surface area (Å²) < 4.78 is 67.1. The van der Waals surface area contributed by atoms with E-state index in [1.165, 1.54) is 35.4 Å². The molecule has 262 valence electrons. The number of nitrogens with one attached hydrogen (secondary N) is 2. The predicted molar refractivity (Wildman–Crippen MR) is 170 cm³/mol. The number of methoxy groups -OCH3 is 3. The lowest BCUT2D eigenvalue weighted by Crippen LogP contribution is -2.40. The summed E-state index contributed by atoms with van der Waals surface area (Å²) in [6.45, 7) is 4.84. The Morgan fingerprint density at radius 2 is 0.979 bits per heavy atom. The first kappa shape index (κ1) is 40.8. The summed E-state index contributed by atoms with van der Waals surface area (Å²) in [4.78, 5) is 45.0. The number of amides is 2. The quantitative estimate of drug-likeness (QED) is 0.228. The SMILES string of the molecule is COC(=O)CNC(=O)CN(C)S(=O)(=O)c1c(C)cc(OC)cc1C.COc1cc(C)c(S(=O)(=O)N(C)CC(=O)NCC(=O)O)c(C)c1. The maximum Gasteiger partial charge on any atom is 0.325 e. The lowest BCUT2D eigenvalue weighted by atomic mass is 10.1. The van der Waals surface area contributed by atoms with E-state index in [0.717, 1.165) is 8.61 Å². The number of ether oxygens (including phenoxy) is 3. The molecule has 2 amide bonds. The molecule has 0 atom stereocenters. The van der Waals surface area contributed by atoms with Crippen LogP contribution in [0.2, 0.25) is 0 Å². The van der Waals surface area contributed by atoms with Crippen LogP contribution in [0, 0.1) is 27.7 Å². The van der Waals surface area contributed by atoms with Crippen LogP contribution in [0.4, 0.5) is 0 Å². The highest BCUT2D eigenvalue weighted by molar-refractivity contribution is 7.89. The topological polar surface area (TPSA) is 215 Å². The molecular formula is C29H42N4O12S2. The molecule has 0 bridgehead atoms. The van der Waals surface area contributed by atoms with Gasteiger partial charge in [0.1, 0.15) is 24.6 Å². The summed E-state index contributed by atoms with van der Waals surface area (Å²) in [5.41, 5.74) is 2.04. The van der Waals surface area contributed by atoms with Gasteiger partial charge in [-0.2, -0.15) is 8.61 Å². The average Bonchev–Trinajstić information content (AvgIpc) is 2.97. The van der Waals surface area contributed by atoms with E-state index in [1.807, 2.05) is 0 Å². The number of esters is 1. The third kappa shape index (κ3) is 11.5. The first-order valence-electron chi connectivity index (χ1n) is 13.8. The molecule has 3 N–H and O–H groups in total. The molecular weight excluding hydrogens is 660 g/mol. The number of carbonyl (C=O) groups excluding carboxylic acids is 3. The van der Waals surface area contributed by atoms with E-state index in [1.54, 1.807) is 52.0 Å². The monoisotopic (exact) mass is 702 g/mol. The van der Waals surface area contributed by atoms with Crippen molar-refractivity contribution in [3.05, 3.63) is 46.5 Å². The molecule has 2 aromatic carbocycles. The smallest absolute Gasteiger partial charge is 0.325 e. The molecule has 0 aliphatic heterocycles. The molecule has 0 saturated heterocycles. The Morgan fingerprint density at radius 1 is 0.660 bits per heavy atom. The first-order chi connectivity index (χ1) is 21.7. The van der Waals surface area contributed by atoms with Gasteiger partial charge in [0.15, 0.2) is 0 Å². The van der Waals surface area contributed by atoms with E-state index < -0.39 is 63.4 Å². The average molecular weight is 703 g/mol. The number of hydrogen-bond acceptors (Lipinski definition) is 11. The number of carboxylic acid groups (broad SMARTS) is 1. The number of hydrogen-bond donors (Lipinski definition) is 3. The zero-order chi connectivity index (χ0) is 36.3. The lowest BCUT2D eigenvalue weighted by Gasteiger charge is -2.20. The van der Waals surface area contributed by atoms with Crippen LogP contribution < -0.4 is 20.1 Å². The third-order valence-electron chi connectivity index (χ3n) is 6.50. The van der Waals surface area contributed by atoms with Gasteiger partial charge < -0.3 is 30.0 Å². The number of aryl methyl sites for hydroxylation is 4. The molecule has 0 radical (unpaired) electrons. The standard InChI is InChI=1S/C15H22N2O6S.C14H20N2O6S/c1-10-6-12(22-4)7-11(2)15(10)24(20,21)17(3)9-13(18)16-8-14(19)23-5;1-9-5-11(22-4)6-10(2)14(9)23(20,21)16(3)8-12(17)15-7-13(18)19/h6-7H,8-9H2,1-5H3,(H,16,18);5-6H,7-8H2,1-4H3,(H,15,17)(H,18,19). The van der Waals surface area contributed by atoms with Gasteiger partial charge in [0.05, 0.1) is 44.2 Å². The molecule has 16 nitrogen and oxygen atoms in total. The Labute approximate surface area is 275 Å². The van der Waals surface area contributed by atoms with Crippen LogP contribution in [0.1, 0.15) is 22.3 Å². The van der Waals surface area contributed by atoms with E-state index in [-0.39, 0.29) is 16.3 Å². The fourth-order valence-corrected chi connectivity index (χ4v) is 7.35. The highest BCUT2D eigenvalue weighted by atomic mass is 32.2. The number of likely N-dealkylation sites (N-methyl/N-ethyl adjacent to an activating group) is 2. The van der Waals surface area contributed by atoms with Crippen molar-refractivity contribution in [1.82, 2.24) is 19.2 Å². The van der Waals surface area contributed by atoms with E-state index >= 15 is 0 Å². The van der Waals surface area contributed by atoms with Crippen LogP contribution >= 0.6 is 0 Å². The second kappa shape index (κ2) is 17.6. The molecule has 2 aromatic rings. The fourth-order valence-electron chi connectivity index (χ4n) is 4.29. The fraction of sp³-hybridized carbons (Fsp3) is 0.448. The molecule has 0 spiro atoms. The molecule has 18 heteroatoms. The van der Waals surface area contributed by atoms with Gasteiger partial charge in [-0.1, -0.05) is 0 Å². The number of rotatable bonds is 14. The highest BCUT2D eigenvalue weighted by Crippen LogP contribution is 2.28. The minimum Gasteiger partial charge on any atom is -0.497 e. The Hall–Kier alpha value is -4.26. The van der Waals surface area contributed by atoms with Crippen LogP contribution in [0.5, 0.6) is 11.5 Å². The Balaban J connectivity index is 0.000000470. The predicted octanol–water partition coefficient (Wildman–Crippen LogP) is 0.355. The molecule has 0 saturated carbocycles. The van der Waals surface area contributed by atoms with Crippen molar-refractivity contribution in [2.75, 3.05) is 61.6 Å². The molecule has 0 aliphatic rings. The van der Waals surface area contributed by atoms with Gasteiger partial charge in [-0.25, -0.2) is 16.8 Å². The van der Waals surface area contributed by atoms with Crippen LogP contribution in [0.15, 0.2) is 34.1 Å². The van der Waals surface area contributed by atoms with Gasteiger partial charge in [0.2, 0.25) is 31.9 Å². The normalized spacial score (nSPS) is 11.3. The van der Waals surface area contributed by atoms with Crippen LogP contribution in [0.25, 0.3) is 0 Å². The Bertz CT molecular complexity index is 1650. The van der Waals surface area contributed by atoms with Crippen molar-refractivity contribution in [2.24, 2.45) is 0 Å². The van der Waals surface area contributed by atoms with Crippen molar-refractivity contribution in [1.29, 1.82) is 0 Å². The van der Waals surface area contributed by atoms with Crippen molar-refractivity contribution < 1.29 is 55.3 Å². The van der Waals surface area contributed by atoms with Gasteiger partial charge in [-0.15, -0.1) is 0 Å². The largest absolute Gasteiger partial charge is 0.497 e. The molecule has 0 aliphatic carbocycles. The van der Waals surface area contributed by atoms with Gasteiger partial charge in [0, 0.05) is 14.1 Å². The maximum absolute atomic E-state index is 12.7. The summed E-state index contributed by atoms with van der Waals surface area (Å²) in [6.07, 6.45) is 0. The first-order valence-corrected chi connectivity index (χ1v) is 16.7. The second-order valence-corrected chi connectivity index (χ2v) is 14.2. The molecule has 0 aromatic heterocycles. The number of aliphatic carboxylic acids is 1. The molecule has 0 heterocycles. The summed E-state index contributed by atoms with van der Waals surface area (Å²) in [5, 5.41) is 12.9. The molecule has 0 unspecified atom stereocenters. The number of benzene rings is 2. The zero-order valence-corrected chi connectivity index (χ0v) is 29.4. The minimum atomic E-state index is -3.89. The minimum absolute atomic E-state index is 0.104. The van der Waals surface area contributed by atoms with Gasteiger partial charge in [-0.05, 0) is 74.2 Å². The lowest BCUT2D eigenvalue weighted by molar-refractivity contribution is -0.141. The van der Waals surface area contributed by atoms with Crippen molar-refractivity contribution >= 4 is 43.8 Å². The van der Waals surface area contributed by atoms with E-state index in [4.69, 9.17) is 14.6 Å². The van der Waals surface area contributed by atoms with Crippen LogP contribution in [-0.2, 0) is 44.0 Å². The maximum atomic E-state index is 12.7. The summed E-state index contributed by atoms with van der Waals surface area (Å²) in [7, 11) is -1.01. The number of carbonyl (C=O) groups is 4. The van der Waals surface area contributed by atoms with E-state index in [9.17, 15) is 36.0 Å².